The highest BCUT2D eigenvalue weighted by molar-refractivity contribution is 6.69. The molecule has 0 unspecified atom stereocenters. The zero-order valence-electron chi connectivity index (χ0n) is 12.1. The molecule has 3 atom stereocenters. The van der Waals surface area contributed by atoms with Gasteiger partial charge in [0.25, 0.3) is 0 Å². The molecule has 2 rings (SSSR count). The third kappa shape index (κ3) is 2.86. The molecule has 2 aliphatic rings. The van der Waals surface area contributed by atoms with E-state index >= 15 is 0 Å². The van der Waals surface area contributed by atoms with E-state index in [4.69, 9.17) is 9.16 Å². The lowest BCUT2D eigenvalue weighted by molar-refractivity contribution is -0.143. The van der Waals surface area contributed by atoms with E-state index in [1.165, 1.54) is 5.57 Å². The summed E-state index contributed by atoms with van der Waals surface area (Å²) in [4.78, 5) is 11.7. The first-order valence-corrected chi connectivity index (χ1v) is 10.3. The van der Waals surface area contributed by atoms with Crippen LogP contribution in [-0.4, -0.2) is 26.5 Å². The largest absolute Gasteiger partial charge is 0.452 e. The Bertz CT molecular complexity index is 381. The second kappa shape index (κ2) is 4.81. The van der Waals surface area contributed by atoms with Crippen molar-refractivity contribution in [2.45, 2.75) is 65.0 Å². The normalized spacial score (nSPS) is 33.2. The minimum absolute atomic E-state index is 0.0607. The number of esters is 1. The minimum Gasteiger partial charge on any atom is -0.452 e. The van der Waals surface area contributed by atoms with E-state index in [2.05, 4.69) is 26.6 Å². The van der Waals surface area contributed by atoms with Crippen LogP contribution in [0.1, 0.15) is 33.1 Å². The van der Waals surface area contributed by atoms with Crippen LogP contribution in [0.25, 0.3) is 0 Å². The predicted molar refractivity (Wildman–Crippen MR) is 73.8 cm³/mol. The van der Waals surface area contributed by atoms with Crippen LogP contribution in [0.5, 0.6) is 0 Å². The number of fused-ring (bicyclic) bond motifs is 1. The Morgan fingerprint density at radius 3 is 2.61 bits per heavy atom. The van der Waals surface area contributed by atoms with Crippen molar-refractivity contribution < 1.29 is 14.0 Å². The lowest BCUT2D eigenvalue weighted by Crippen LogP contribution is -2.40. The van der Waals surface area contributed by atoms with Gasteiger partial charge in [-0.1, -0.05) is 6.92 Å². The zero-order valence-corrected chi connectivity index (χ0v) is 13.1. The van der Waals surface area contributed by atoms with Crippen molar-refractivity contribution in [2.75, 3.05) is 0 Å². The molecule has 0 saturated heterocycles. The molecule has 0 spiro atoms. The SMILES string of the molecule is CC1=C2CC[C@@H](C)C[C@H](O[Si](C)(C)C)[C@@H]2OC1=O. The van der Waals surface area contributed by atoms with E-state index in [0.29, 0.717) is 5.92 Å². The number of rotatable bonds is 2. The molecule has 102 valence electrons. The molecule has 18 heavy (non-hydrogen) atoms. The van der Waals surface area contributed by atoms with E-state index < -0.39 is 8.32 Å². The van der Waals surface area contributed by atoms with Crippen LogP contribution in [0.4, 0.5) is 0 Å². The topological polar surface area (TPSA) is 35.5 Å². The molecule has 1 aliphatic heterocycles. The summed E-state index contributed by atoms with van der Waals surface area (Å²) in [5, 5.41) is 0. The summed E-state index contributed by atoms with van der Waals surface area (Å²) in [5.41, 5.74) is 2.01. The molecule has 0 aromatic heterocycles. The standard InChI is InChI=1S/C14H24O3Si/c1-9-6-7-11-10(2)14(15)16-13(11)12(8-9)17-18(3,4)5/h9,12-13H,6-8H2,1-5H3/t9-,12+,13-/m1/s1. The van der Waals surface area contributed by atoms with Crippen molar-refractivity contribution in [1.29, 1.82) is 0 Å². The summed E-state index contributed by atoms with van der Waals surface area (Å²) < 4.78 is 11.8. The molecule has 0 radical (unpaired) electrons. The molecule has 0 aromatic carbocycles. The molecule has 0 aromatic rings. The second-order valence-corrected chi connectivity index (χ2v) is 11.1. The van der Waals surface area contributed by atoms with Crippen LogP contribution in [0, 0.1) is 5.92 Å². The second-order valence-electron chi connectivity index (χ2n) is 6.62. The smallest absolute Gasteiger partial charge is 0.334 e. The average molecular weight is 268 g/mol. The minimum atomic E-state index is -1.61. The Labute approximate surface area is 111 Å². The maximum absolute atomic E-state index is 11.7. The quantitative estimate of drug-likeness (QED) is 0.569. The first-order valence-electron chi connectivity index (χ1n) is 6.86. The van der Waals surface area contributed by atoms with Crippen LogP contribution in [0.15, 0.2) is 11.1 Å². The van der Waals surface area contributed by atoms with Gasteiger partial charge in [-0.3, -0.25) is 0 Å². The molecule has 0 amide bonds. The molecule has 1 aliphatic carbocycles. The van der Waals surface area contributed by atoms with Crippen LogP contribution in [-0.2, 0) is 14.0 Å². The Morgan fingerprint density at radius 1 is 1.33 bits per heavy atom. The van der Waals surface area contributed by atoms with E-state index in [-0.39, 0.29) is 18.2 Å². The number of carbonyl (C=O) groups is 1. The number of ether oxygens (including phenoxy) is 1. The highest BCUT2D eigenvalue weighted by Gasteiger charge is 2.41. The fourth-order valence-electron chi connectivity index (χ4n) is 2.85. The number of hydrogen-bond acceptors (Lipinski definition) is 3. The Balaban J connectivity index is 2.25. The summed E-state index contributed by atoms with van der Waals surface area (Å²) in [6.45, 7) is 10.7. The number of hydrogen-bond donors (Lipinski definition) is 0. The van der Waals surface area contributed by atoms with Gasteiger partial charge in [-0.05, 0) is 57.3 Å². The predicted octanol–water partition coefficient (Wildman–Crippen LogP) is 3.27. The molecule has 3 nitrogen and oxygen atoms in total. The van der Waals surface area contributed by atoms with Crippen molar-refractivity contribution >= 4 is 14.3 Å². The highest BCUT2D eigenvalue weighted by atomic mass is 28.4. The summed E-state index contributed by atoms with van der Waals surface area (Å²) in [5.74, 6) is 0.490. The van der Waals surface area contributed by atoms with Gasteiger partial charge in [0.15, 0.2) is 8.32 Å². The maximum Gasteiger partial charge on any atom is 0.334 e. The first kappa shape index (κ1) is 13.8. The maximum atomic E-state index is 11.7. The average Bonchev–Trinajstić information content (AvgIpc) is 2.41. The number of carbonyl (C=O) groups excluding carboxylic acids is 1. The summed E-state index contributed by atoms with van der Waals surface area (Å²) in [7, 11) is -1.61. The van der Waals surface area contributed by atoms with E-state index in [0.717, 1.165) is 24.8 Å². The zero-order chi connectivity index (χ0) is 13.5. The first-order chi connectivity index (χ1) is 8.28. The van der Waals surface area contributed by atoms with Crippen molar-refractivity contribution in [1.82, 2.24) is 0 Å². The Hall–Kier alpha value is -0.613. The van der Waals surface area contributed by atoms with Gasteiger partial charge in [0.1, 0.15) is 6.10 Å². The molecule has 1 saturated carbocycles. The van der Waals surface area contributed by atoms with Gasteiger partial charge in [0, 0.05) is 5.57 Å². The van der Waals surface area contributed by atoms with Gasteiger partial charge in [-0.2, -0.15) is 0 Å². The fourth-order valence-corrected chi connectivity index (χ4v) is 3.98. The Kier molecular flexibility index (Phi) is 3.69. The monoisotopic (exact) mass is 268 g/mol. The van der Waals surface area contributed by atoms with Gasteiger partial charge in [0.2, 0.25) is 0 Å². The lowest BCUT2D eigenvalue weighted by atomic mass is 10.0. The van der Waals surface area contributed by atoms with Gasteiger partial charge < -0.3 is 9.16 Å². The highest BCUT2D eigenvalue weighted by Crippen LogP contribution is 2.37. The summed E-state index contributed by atoms with van der Waals surface area (Å²) in [6.07, 6.45) is 3.05. The van der Waals surface area contributed by atoms with Crippen LogP contribution in [0.2, 0.25) is 19.6 Å². The molecular formula is C14H24O3Si. The van der Waals surface area contributed by atoms with Gasteiger partial charge in [-0.15, -0.1) is 0 Å². The van der Waals surface area contributed by atoms with E-state index in [1.807, 2.05) is 6.92 Å². The molecule has 1 heterocycles. The van der Waals surface area contributed by atoms with Crippen molar-refractivity contribution in [3.63, 3.8) is 0 Å². The van der Waals surface area contributed by atoms with Crippen LogP contribution >= 0.6 is 0 Å². The summed E-state index contributed by atoms with van der Waals surface area (Å²) in [6, 6.07) is 0. The Morgan fingerprint density at radius 2 is 2.00 bits per heavy atom. The van der Waals surface area contributed by atoms with Crippen LogP contribution < -0.4 is 0 Å². The van der Waals surface area contributed by atoms with Gasteiger partial charge in [0.05, 0.1) is 6.10 Å². The van der Waals surface area contributed by atoms with Crippen LogP contribution in [0.3, 0.4) is 0 Å². The van der Waals surface area contributed by atoms with Crippen molar-refractivity contribution in [3.05, 3.63) is 11.1 Å². The van der Waals surface area contributed by atoms with Gasteiger partial charge >= 0.3 is 5.97 Å². The third-order valence-corrected chi connectivity index (χ3v) is 4.76. The molecule has 4 heteroatoms. The molecule has 0 N–H and O–H groups in total. The molecule has 1 fully saturated rings. The molecule has 0 bridgehead atoms. The van der Waals surface area contributed by atoms with Crippen molar-refractivity contribution in [3.8, 4) is 0 Å². The van der Waals surface area contributed by atoms with Gasteiger partial charge in [-0.25, -0.2) is 4.79 Å². The summed E-state index contributed by atoms with van der Waals surface area (Å²) >= 11 is 0. The fraction of sp³-hybridized carbons (Fsp3) is 0.786. The lowest BCUT2D eigenvalue weighted by Gasteiger charge is -2.30. The van der Waals surface area contributed by atoms with Crippen molar-refractivity contribution in [2.24, 2.45) is 5.92 Å². The van der Waals surface area contributed by atoms with E-state index in [1.54, 1.807) is 0 Å². The van der Waals surface area contributed by atoms with E-state index in [9.17, 15) is 4.79 Å². The third-order valence-electron chi connectivity index (χ3n) is 3.75. The molecular weight excluding hydrogens is 244 g/mol.